The zero-order valence-electron chi connectivity index (χ0n) is 8.21. The van der Waals surface area contributed by atoms with E-state index in [1.165, 1.54) is 4.88 Å². The third kappa shape index (κ3) is 1.91. The number of thiazole rings is 1. The maximum Gasteiger partial charge on any atom is 0.134 e. The number of hydrogen-bond acceptors (Lipinski definition) is 4. The van der Waals surface area contributed by atoms with Crippen LogP contribution in [0.25, 0.3) is 20.1 Å². The number of halogens is 1. The van der Waals surface area contributed by atoms with Crippen LogP contribution in [-0.2, 0) is 0 Å². The molecule has 0 unspecified atom stereocenters. The molecule has 3 rings (SSSR count). The molecule has 0 fully saturated rings. The van der Waals surface area contributed by atoms with Gasteiger partial charge in [-0.3, -0.25) is 0 Å². The van der Waals surface area contributed by atoms with Gasteiger partial charge < -0.3 is 5.73 Å². The lowest BCUT2D eigenvalue weighted by atomic mass is 10.3. The van der Waals surface area contributed by atoms with Crippen LogP contribution in [0.15, 0.2) is 35.7 Å². The predicted octanol–water partition coefficient (Wildman–Crippen LogP) is 4.03. The number of rotatable bonds is 1. The molecule has 0 saturated heterocycles. The molecule has 1 aromatic carbocycles. The van der Waals surface area contributed by atoms with Crippen molar-refractivity contribution in [3.8, 4) is 9.88 Å². The highest BCUT2D eigenvalue weighted by Crippen LogP contribution is 2.33. The molecule has 2 nitrogen and oxygen atoms in total. The average Bonchev–Trinajstić information content (AvgIpc) is 2.84. The molecular formula is C11H9ClN2S2. The molecule has 16 heavy (non-hydrogen) atoms. The number of benzene rings is 1. The van der Waals surface area contributed by atoms with Gasteiger partial charge in [0.1, 0.15) is 5.01 Å². The van der Waals surface area contributed by atoms with E-state index in [-0.39, 0.29) is 12.4 Å². The number of fused-ring (bicyclic) bond motifs is 1. The van der Waals surface area contributed by atoms with Crippen LogP contribution in [0.4, 0.5) is 5.69 Å². The number of nitrogens with two attached hydrogens (primary N) is 1. The normalized spacial score (nSPS) is 10.2. The van der Waals surface area contributed by atoms with Crippen molar-refractivity contribution >= 4 is 51.0 Å². The van der Waals surface area contributed by atoms with Gasteiger partial charge in [0, 0.05) is 5.69 Å². The minimum Gasteiger partial charge on any atom is -0.399 e. The van der Waals surface area contributed by atoms with Crippen molar-refractivity contribution < 1.29 is 0 Å². The third-order valence-electron chi connectivity index (χ3n) is 2.14. The van der Waals surface area contributed by atoms with Gasteiger partial charge in [-0.25, -0.2) is 4.98 Å². The summed E-state index contributed by atoms with van der Waals surface area (Å²) in [4.78, 5) is 5.79. The summed E-state index contributed by atoms with van der Waals surface area (Å²) in [7, 11) is 0. The SMILES string of the molecule is Cl.Nc1ccc2nc(-c3cccs3)sc2c1. The largest absolute Gasteiger partial charge is 0.399 e. The third-order valence-corrected chi connectivity index (χ3v) is 4.20. The van der Waals surface area contributed by atoms with E-state index >= 15 is 0 Å². The van der Waals surface area contributed by atoms with E-state index in [9.17, 15) is 0 Å². The van der Waals surface area contributed by atoms with Gasteiger partial charge in [-0.1, -0.05) is 6.07 Å². The number of aromatic nitrogens is 1. The Balaban J connectivity index is 0.000000963. The van der Waals surface area contributed by atoms with Gasteiger partial charge in [-0.15, -0.1) is 35.1 Å². The summed E-state index contributed by atoms with van der Waals surface area (Å²) in [5.74, 6) is 0. The number of nitrogen functional groups attached to an aromatic ring is 1. The summed E-state index contributed by atoms with van der Waals surface area (Å²) in [5, 5.41) is 3.14. The topological polar surface area (TPSA) is 38.9 Å². The van der Waals surface area contributed by atoms with Crippen LogP contribution in [0.2, 0.25) is 0 Å². The molecule has 3 aromatic rings. The van der Waals surface area contributed by atoms with Crippen molar-refractivity contribution in [1.82, 2.24) is 4.98 Å². The Morgan fingerprint density at radius 2 is 2.06 bits per heavy atom. The molecule has 0 aliphatic carbocycles. The summed E-state index contributed by atoms with van der Waals surface area (Å²) in [5.41, 5.74) is 7.55. The van der Waals surface area contributed by atoms with Crippen molar-refractivity contribution in [1.29, 1.82) is 0 Å². The van der Waals surface area contributed by atoms with E-state index in [0.29, 0.717) is 0 Å². The Hall–Kier alpha value is -1.10. The lowest BCUT2D eigenvalue weighted by Gasteiger charge is -1.89. The smallest absolute Gasteiger partial charge is 0.134 e. The monoisotopic (exact) mass is 268 g/mol. The average molecular weight is 269 g/mol. The molecular weight excluding hydrogens is 260 g/mol. The van der Waals surface area contributed by atoms with Gasteiger partial charge in [0.2, 0.25) is 0 Å². The molecule has 2 N–H and O–H groups in total. The minimum absolute atomic E-state index is 0. The van der Waals surface area contributed by atoms with E-state index in [0.717, 1.165) is 20.9 Å². The first-order valence-corrected chi connectivity index (χ1v) is 6.22. The Labute approximate surface area is 107 Å². The quantitative estimate of drug-likeness (QED) is 0.677. The highest BCUT2D eigenvalue weighted by Gasteiger charge is 2.06. The zero-order valence-corrected chi connectivity index (χ0v) is 10.7. The van der Waals surface area contributed by atoms with Gasteiger partial charge in [0.15, 0.2) is 0 Å². The van der Waals surface area contributed by atoms with Crippen molar-refractivity contribution in [2.45, 2.75) is 0 Å². The summed E-state index contributed by atoms with van der Waals surface area (Å²) in [6, 6.07) is 9.97. The van der Waals surface area contributed by atoms with E-state index in [4.69, 9.17) is 5.73 Å². The van der Waals surface area contributed by atoms with Crippen LogP contribution in [-0.4, -0.2) is 4.98 Å². The maximum absolute atomic E-state index is 5.73. The molecule has 0 aliphatic rings. The molecule has 2 heterocycles. The lowest BCUT2D eigenvalue weighted by molar-refractivity contribution is 1.50. The fraction of sp³-hybridized carbons (Fsp3) is 0. The van der Waals surface area contributed by atoms with Crippen molar-refractivity contribution in [3.63, 3.8) is 0 Å². The molecule has 5 heteroatoms. The number of nitrogens with zero attached hydrogens (tertiary/aromatic N) is 1. The number of anilines is 1. The van der Waals surface area contributed by atoms with Crippen LogP contribution in [0.1, 0.15) is 0 Å². The predicted molar refractivity (Wildman–Crippen MR) is 74.6 cm³/mol. The Morgan fingerprint density at radius 1 is 1.19 bits per heavy atom. The lowest BCUT2D eigenvalue weighted by Crippen LogP contribution is -1.81. The summed E-state index contributed by atoms with van der Waals surface area (Å²) >= 11 is 3.40. The molecule has 0 atom stereocenters. The molecule has 2 aromatic heterocycles. The molecule has 0 amide bonds. The Bertz CT molecular complexity index is 602. The summed E-state index contributed by atoms with van der Waals surface area (Å²) in [6.07, 6.45) is 0. The molecule has 0 aliphatic heterocycles. The Kier molecular flexibility index (Phi) is 3.14. The molecule has 82 valence electrons. The first kappa shape index (κ1) is 11.4. The standard InChI is InChI=1S/C11H8N2S2.ClH/c12-7-3-4-8-10(6-7)15-11(13-8)9-2-1-5-14-9;/h1-6H,12H2;1H. The first-order chi connectivity index (χ1) is 7.33. The fourth-order valence-corrected chi connectivity index (χ4v) is 3.26. The molecule has 0 bridgehead atoms. The zero-order chi connectivity index (χ0) is 10.3. The second kappa shape index (κ2) is 4.41. The maximum atomic E-state index is 5.73. The van der Waals surface area contributed by atoms with E-state index < -0.39 is 0 Å². The molecule has 0 saturated carbocycles. The number of hydrogen-bond donors (Lipinski definition) is 1. The van der Waals surface area contributed by atoms with Crippen LogP contribution < -0.4 is 5.73 Å². The van der Waals surface area contributed by atoms with Gasteiger partial charge in [-0.05, 0) is 29.6 Å². The summed E-state index contributed by atoms with van der Waals surface area (Å²) in [6.45, 7) is 0. The fourth-order valence-electron chi connectivity index (χ4n) is 1.45. The van der Waals surface area contributed by atoms with Crippen LogP contribution in [0.5, 0.6) is 0 Å². The van der Waals surface area contributed by atoms with Crippen molar-refractivity contribution in [3.05, 3.63) is 35.7 Å². The van der Waals surface area contributed by atoms with Crippen LogP contribution in [0.3, 0.4) is 0 Å². The highest BCUT2D eigenvalue weighted by molar-refractivity contribution is 7.25. The van der Waals surface area contributed by atoms with E-state index in [2.05, 4.69) is 16.4 Å². The minimum atomic E-state index is 0. The summed E-state index contributed by atoms with van der Waals surface area (Å²) < 4.78 is 1.15. The van der Waals surface area contributed by atoms with E-state index in [1.807, 2.05) is 24.3 Å². The molecule has 0 spiro atoms. The van der Waals surface area contributed by atoms with Crippen molar-refractivity contribution in [2.24, 2.45) is 0 Å². The van der Waals surface area contributed by atoms with Gasteiger partial charge >= 0.3 is 0 Å². The van der Waals surface area contributed by atoms with Crippen molar-refractivity contribution in [2.75, 3.05) is 5.73 Å². The van der Waals surface area contributed by atoms with Crippen LogP contribution >= 0.6 is 35.1 Å². The van der Waals surface area contributed by atoms with Gasteiger partial charge in [0.25, 0.3) is 0 Å². The van der Waals surface area contributed by atoms with Crippen LogP contribution in [0, 0.1) is 0 Å². The first-order valence-electron chi connectivity index (χ1n) is 4.53. The Morgan fingerprint density at radius 3 is 2.81 bits per heavy atom. The molecule has 0 radical (unpaired) electrons. The second-order valence-corrected chi connectivity index (χ2v) is 5.20. The highest BCUT2D eigenvalue weighted by atomic mass is 35.5. The van der Waals surface area contributed by atoms with Gasteiger partial charge in [0.05, 0.1) is 15.1 Å². The number of thiophene rings is 1. The van der Waals surface area contributed by atoms with E-state index in [1.54, 1.807) is 22.7 Å². The second-order valence-electron chi connectivity index (χ2n) is 3.22. The van der Waals surface area contributed by atoms with Gasteiger partial charge in [-0.2, -0.15) is 0 Å².